The molecule has 30 heavy (non-hydrogen) atoms. The molecule has 1 saturated heterocycles. The SMILES string of the molecule is NC1=NS(=O)(=O)Nc2cccc(OC[C@H]3CCCN(C(O)c4ccccc4F)C3)c21. The second kappa shape index (κ2) is 8.21. The molecule has 2 atom stereocenters. The van der Waals surface area contributed by atoms with E-state index in [1.807, 2.05) is 4.90 Å². The number of halogens is 1. The van der Waals surface area contributed by atoms with Crippen molar-refractivity contribution in [2.24, 2.45) is 16.0 Å². The summed E-state index contributed by atoms with van der Waals surface area (Å²) in [6.45, 7) is 1.55. The number of piperidine rings is 1. The molecule has 2 aliphatic rings. The van der Waals surface area contributed by atoms with Gasteiger partial charge in [0.05, 0.1) is 17.9 Å². The molecule has 2 aliphatic heterocycles. The number of likely N-dealkylation sites (tertiary alicyclic amines) is 1. The zero-order valence-corrected chi connectivity index (χ0v) is 17.0. The standard InChI is InChI=1S/C20H23FN4O4S/c21-15-7-2-1-6-14(15)20(26)25-10-4-5-13(11-25)12-29-17-9-3-8-16-18(17)19(22)24-30(27,28)23-16/h1-3,6-9,13,20,23,26H,4-5,10-12H2,(H2,22,24)/t13-,20?/m0/s1. The van der Waals surface area contributed by atoms with E-state index in [9.17, 15) is 17.9 Å². The van der Waals surface area contributed by atoms with Crippen LogP contribution < -0.4 is 15.2 Å². The van der Waals surface area contributed by atoms with Crippen LogP contribution in [0.25, 0.3) is 0 Å². The van der Waals surface area contributed by atoms with Gasteiger partial charge in [-0.15, -0.1) is 4.40 Å². The fourth-order valence-electron chi connectivity index (χ4n) is 3.88. The molecule has 10 heteroatoms. The van der Waals surface area contributed by atoms with Crippen LogP contribution >= 0.6 is 0 Å². The number of anilines is 1. The highest BCUT2D eigenvalue weighted by molar-refractivity contribution is 7.91. The quantitative estimate of drug-likeness (QED) is 0.663. The Morgan fingerprint density at radius 3 is 2.90 bits per heavy atom. The number of aliphatic hydroxyl groups excluding tert-OH is 1. The van der Waals surface area contributed by atoms with Gasteiger partial charge in [0.25, 0.3) is 0 Å². The minimum Gasteiger partial charge on any atom is -0.492 e. The van der Waals surface area contributed by atoms with E-state index in [1.165, 1.54) is 6.07 Å². The summed E-state index contributed by atoms with van der Waals surface area (Å²) in [5, 5.41) is 10.6. The third-order valence-electron chi connectivity index (χ3n) is 5.29. The molecule has 2 aromatic rings. The first-order valence-corrected chi connectivity index (χ1v) is 11.1. The molecule has 0 amide bonds. The molecule has 0 bridgehead atoms. The summed E-state index contributed by atoms with van der Waals surface area (Å²) in [6, 6.07) is 11.2. The van der Waals surface area contributed by atoms with Crippen LogP contribution in [0.4, 0.5) is 10.1 Å². The summed E-state index contributed by atoms with van der Waals surface area (Å²) >= 11 is 0. The molecule has 160 valence electrons. The van der Waals surface area contributed by atoms with Gasteiger partial charge in [0.1, 0.15) is 17.8 Å². The van der Waals surface area contributed by atoms with Crippen LogP contribution in [0.3, 0.4) is 0 Å². The number of hydrogen-bond acceptors (Lipinski definition) is 6. The van der Waals surface area contributed by atoms with Crippen LogP contribution in [0, 0.1) is 11.7 Å². The highest BCUT2D eigenvalue weighted by atomic mass is 32.2. The first-order chi connectivity index (χ1) is 14.3. The number of ether oxygens (including phenoxy) is 1. The first kappa shape index (κ1) is 20.6. The van der Waals surface area contributed by atoms with E-state index in [-0.39, 0.29) is 17.3 Å². The van der Waals surface area contributed by atoms with Crippen LogP contribution in [-0.2, 0) is 10.2 Å². The number of nitrogens with zero attached hydrogens (tertiary/aromatic N) is 2. The second-order valence-electron chi connectivity index (χ2n) is 7.44. The number of fused-ring (bicyclic) bond motifs is 1. The molecule has 2 heterocycles. The van der Waals surface area contributed by atoms with Crippen LogP contribution in [0.2, 0.25) is 0 Å². The van der Waals surface area contributed by atoms with E-state index in [2.05, 4.69) is 9.12 Å². The molecule has 0 saturated carbocycles. The minimum atomic E-state index is -3.85. The maximum atomic E-state index is 14.0. The van der Waals surface area contributed by atoms with E-state index in [0.717, 1.165) is 12.8 Å². The molecule has 0 radical (unpaired) electrons. The van der Waals surface area contributed by atoms with E-state index >= 15 is 0 Å². The molecule has 4 rings (SSSR count). The first-order valence-electron chi connectivity index (χ1n) is 9.65. The van der Waals surface area contributed by atoms with Crippen LogP contribution in [-0.4, -0.2) is 44.0 Å². The number of hydrogen-bond donors (Lipinski definition) is 3. The van der Waals surface area contributed by atoms with Crippen molar-refractivity contribution < 1.29 is 22.7 Å². The number of aliphatic hydroxyl groups is 1. The summed E-state index contributed by atoms with van der Waals surface area (Å²) in [5.74, 6) is -0.0199. The topological polar surface area (TPSA) is 117 Å². The third kappa shape index (κ3) is 4.25. The van der Waals surface area contributed by atoms with E-state index in [4.69, 9.17) is 10.5 Å². The fraction of sp³-hybridized carbons (Fsp3) is 0.350. The van der Waals surface area contributed by atoms with Crippen LogP contribution in [0.5, 0.6) is 5.75 Å². The van der Waals surface area contributed by atoms with Crippen LogP contribution in [0.1, 0.15) is 30.2 Å². The van der Waals surface area contributed by atoms with Crippen molar-refractivity contribution in [3.05, 3.63) is 59.4 Å². The van der Waals surface area contributed by atoms with Gasteiger partial charge in [-0.05, 0) is 31.0 Å². The highest BCUT2D eigenvalue weighted by Gasteiger charge is 2.29. The number of nitrogens with one attached hydrogen (secondary N) is 1. The molecule has 1 unspecified atom stereocenters. The normalized spacial score (nSPS) is 21.8. The van der Waals surface area contributed by atoms with Crippen molar-refractivity contribution in [3.8, 4) is 5.75 Å². The zero-order chi connectivity index (χ0) is 21.3. The Labute approximate surface area is 174 Å². The monoisotopic (exact) mass is 434 g/mol. The Hall–Kier alpha value is -2.69. The molecular weight excluding hydrogens is 411 g/mol. The number of rotatable bonds is 5. The molecule has 2 aromatic carbocycles. The molecule has 1 fully saturated rings. The Kier molecular flexibility index (Phi) is 5.63. The van der Waals surface area contributed by atoms with Crippen molar-refractivity contribution in [1.82, 2.24) is 4.90 Å². The van der Waals surface area contributed by atoms with Gasteiger partial charge in [-0.2, -0.15) is 8.42 Å². The Balaban J connectivity index is 1.45. The lowest BCUT2D eigenvalue weighted by molar-refractivity contribution is -0.0313. The Morgan fingerprint density at radius 2 is 2.10 bits per heavy atom. The van der Waals surface area contributed by atoms with Crippen molar-refractivity contribution >= 4 is 21.7 Å². The van der Waals surface area contributed by atoms with Gasteiger partial charge in [0.2, 0.25) is 0 Å². The molecule has 4 N–H and O–H groups in total. The van der Waals surface area contributed by atoms with Crippen molar-refractivity contribution in [2.75, 3.05) is 24.4 Å². The summed E-state index contributed by atoms with van der Waals surface area (Å²) in [7, 11) is -3.85. The summed E-state index contributed by atoms with van der Waals surface area (Å²) in [6.07, 6.45) is 0.720. The average Bonchev–Trinajstić information content (AvgIpc) is 2.71. The van der Waals surface area contributed by atoms with E-state index in [0.29, 0.717) is 36.7 Å². The van der Waals surface area contributed by atoms with E-state index in [1.54, 1.807) is 36.4 Å². The van der Waals surface area contributed by atoms with Gasteiger partial charge in [0.15, 0.2) is 5.84 Å². The number of benzene rings is 2. The number of amidine groups is 1. The minimum absolute atomic E-state index is 0.106. The van der Waals surface area contributed by atoms with Gasteiger partial charge in [-0.1, -0.05) is 24.3 Å². The predicted molar refractivity (Wildman–Crippen MR) is 111 cm³/mol. The number of nitrogens with two attached hydrogens (primary N) is 1. The van der Waals surface area contributed by atoms with Gasteiger partial charge < -0.3 is 15.6 Å². The largest absolute Gasteiger partial charge is 0.492 e. The van der Waals surface area contributed by atoms with Crippen molar-refractivity contribution in [1.29, 1.82) is 0 Å². The van der Waals surface area contributed by atoms with Gasteiger partial charge in [0, 0.05) is 24.6 Å². The van der Waals surface area contributed by atoms with Gasteiger partial charge in [-0.3, -0.25) is 9.62 Å². The summed E-state index contributed by atoms with van der Waals surface area (Å²) in [4.78, 5) is 1.83. The molecule has 8 nitrogen and oxygen atoms in total. The molecule has 0 aliphatic carbocycles. The molecule has 0 spiro atoms. The molecule has 0 aromatic heterocycles. The van der Waals surface area contributed by atoms with E-state index < -0.39 is 22.3 Å². The third-order valence-corrected chi connectivity index (χ3v) is 6.21. The lowest BCUT2D eigenvalue weighted by Gasteiger charge is -2.36. The van der Waals surface area contributed by atoms with Crippen molar-refractivity contribution in [3.63, 3.8) is 0 Å². The maximum Gasteiger partial charge on any atom is 0.344 e. The van der Waals surface area contributed by atoms with Crippen molar-refractivity contribution in [2.45, 2.75) is 19.1 Å². The maximum absolute atomic E-state index is 14.0. The second-order valence-corrected chi connectivity index (χ2v) is 8.78. The lowest BCUT2D eigenvalue weighted by Crippen LogP contribution is -2.40. The summed E-state index contributed by atoms with van der Waals surface area (Å²) < 4.78 is 49.2. The Morgan fingerprint density at radius 1 is 1.30 bits per heavy atom. The summed E-state index contributed by atoms with van der Waals surface area (Å²) in [5.41, 5.74) is 6.83. The predicted octanol–water partition coefficient (Wildman–Crippen LogP) is 1.98. The molecular formula is C20H23FN4O4S. The van der Waals surface area contributed by atoms with Crippen LogP contribution in [0.15, 0.2) is 46.9 Å². The Bertz CT molecular complexity index is 1080. The lowest BCUT2D eigenvalue weighted by atomic mass is 9.97. The van der Waals surface area contributed by atoms with Gasteiger partial charge >= 0.3 is 10.2 Å². The fourth-order valence-corrected chi connectivity index (χ4v) is 4.73. The zero-order valence-electron chi connectivity index (χ0n) is 16.2. The smallest absolute Gasteiger partial charge is 0.344 e. The highest BCUT2D eigenvalue weighted by Crippen LogP contribution is 2.32. The average molecular weight is 434 g/mol. The van der Waals surface area contributed by atoms with Gasteiger partial charge in [-0.25, -0.2) is 4.39 Å².